The molecule has 11 heavy (non-hydrogen) atoms. The summed E-state index contributed by atoms with van der Waals surface area (Å²) in [7, 11) is 1.57. The van der Waals surface area contributed by atoms with Gasteiger partial charge in [0, 0.05) is 16.1 Å². The maximum absolute atomic E-state index is 9.30. The predicted octanol–water partition coefficient (Wildman–Crippen LogP) is 2.47. The second kappa shape index (κ2) is 3.13. The van der Waals surface area contributed by atoms with Crippen molar-refractivity contribution in [1.29, 1.82) is 0 Å². The first-order chi connectivity index (χ1) is 5.15. The van der Waals surface area contributed by atoms with Crippen LogP contribution in [0.1, 0.15) is 5.56 Å². The summed E-state index contributed by atoms with van der Waals surface area (Å²) >= 11 is 3.30. The summed E-state index contributed by atoms with van der Waals surface area (Å²) < 4.78 is 5.80. The summed E-state index contributed by atoms with van der Waals surface area (Å²) in [5.74, 6) is 0.899. The van der Waals surface area contributed by atoms with E-state index in [1.165, 1.54) is 0 Å². The lowest BCUT2D eigenvalue weighted by Crippen LogP contribution is -1.84. The molecule has 60 valence electrons. The molecule has 0 heterocycles. The summed E-state index contributed by atoms with van der Waals surface area (Å²) in [5, 5.41) is 9.30. The molecule has 0 unspecified atom stereocenters. The molecular weight excluding hydrogens is 208 g/mol. The van der Waals surface area contributed by atoms with E-state index in [1.54, 1.807) is 13.2 Å². The van der Waals surface area contributed by atoms with E-state index in [-0.39, 0.29) is 5.75 Å². The van der Waals surface area contributed by atoms with E-state index in [0.29, 0.717) is 5.75 Å². The molecule has 0 bridgehead atoms. The Balaban J connectivity index is 3.21. The van der Waals surface area contributed by atoms with Crippen LogP contribution in [0.15, 0.2) is 16.6 Å². The Morgan fingerprint density at radius 3 is 2.55 bits per heavy atom. The van der Waals surface area contributed by atoms with E-state index in [1.807, 2.05) is 13.0 Å². The Labute approximate surface area is 73.9 Å². The lowest BCUT2D eigenvalue weighted by molar-refractivity contribution is 0.406. The number of rotatable bonds is 1. The van der Waals surface area contributed by atoms with Crippen molar-refractivity contribution in [1.82, 2.24) is 0 Å². The SMILES string of the molecule is COc1cc(O)c(C)c(Br)c1. The first-order valence-electron chi connectivity index (χ1n) is 3.18. The zero-order chi connectivity index (χ0) is 8.43. The summed E-state index contributed by atoms with van der Waals surface area (Å²) in [4.78, 5) is 0. The second-order valence-electron chi connectivity index (χ2n) is 2.25. The molecule has 2 nitrogen and oxygen atoms in total. The van der Waals surface area contributed by atoms with Crippen LogP contribution >= 0.6 is 15.9 Å². The quantitative estimate of drug-likeness (QED) is 0.782. The molecule has 1 N–H and O–H groups in total. The van der Waals surface area contributed by atoms with Gasteiger partial charge in [-0.1, -0.05) is 15.9 Å². The van der Waals surface area contributed by atoms with E-state index in [4.69, 9.17) is 4.74 Å². The maximum Gasteiger partial charge on any atom is 0.123 e. The number of aromatic hydroxyl groups is 1. The molecule has 0 atom stereocenters. The van der Waals surface area contributed by atoms with Crippen molar-refractivity contribution >= 4 is 15.9 Å². The van der Waals surface area contributed by atoms with Gasteiger partial charge in [-0.25, -0.2) is 0 Å². The Morgan fingerprint density at radius 2 is 2.09 bits per heavy atom. The van der Waals surface area contributed by atoms with Crippen molar-refractivity contribution in [3.05, 3.63) is 22.2 Å². The average Bonchev–Trinajstić information content (AvgIpc) is 1.99. The fourth-order valence-corrected chi connectivity index (χ4v) is 1.19. The molecule has 0 fully saturated rings. The molecule has 0 saturated carbocycles. The van der Waals surface area contributed by atoms with Crippen molar-refractivity contribution in [2.45, 2.75) is 6.92 Å². The van der Waals surface area contributed by atoms with E-state index in [0.717, 1.165) is 10.0 Å². The molecular formula is C8H9BrO2. The van der Waals surface area contributed by atoms with Crippen LogP contribution in [0.5, 0.6) is 11.5 Å². The summed E-state index contributed by atoms with van der Waals surface area (Å²) in [5.41, 5.74) is 0.825. The maximum atomic E-state index is 9.30. The molecule has 1 aromatic rings. The lowest BCUT2D eigenvalue weighted by Gasteiger charge is -2.04. The van der Waals surface area contributed by atoms with Gasteiger partial charge in [0.05, 0.1) is 7.11 Å². The van der Waals surface area contributed by atoms with E-state index in [2.05, 4.69) is 15.9 Å². The normalized spacial score (nSPS) is 9.73. The van der Waals surface area contributed by atoms with Gasteiger partial charge >= 0.3 is 0 Å². The fraction of sp³-hybridized carbons (Fsp3) is 0.250. The highest BCUT2D eigenvalue weighted by atomic mass is 79.9. The Bertz CT molecular complexity index is 248. The zero-order valence-corrected chi connectivity index (χ0v) is 7.97. The lowest BCUT2D eigenvalue weighted by atomic mass is 10.2. The molecule has 1 rings (SSSR count). The average molecular weight is 217 g/mol. The number of phenols is 1. The van der Waals surface area contributed by atoms with Gasteiger partial charge in [0.15, 0.2) is 0 Å². The molecule has 0 saturated heterocycles. The number of ether oxygens (including phenoxy) is 1. The van der Waals surface area contributed by atoms with Gasteiger partial charge in [-0.05, 0) is 13.0 Å². The van der Waals surface area contributed by atoms with Crippen LogP contribution in [0.2, 0.25) is 0 Å². The molecule has 1 aromatic carbocycles. The minimum Gasteiger partial charge on any atom is -0.508 e. The standard InChI is InChI=1S/C8H9BrO2/c1-5-7(9)3-6(11-2)4-8(5)10/h3-4,10H,1-2H3. The summed E-state index contributed by atoms with van der Waals surface area (Å²) in [6.07, 6.45) is 0. The Morgan fingerprint density at radius 1 is 1.45 bits per heavy atom. The Kier molecular flexibility index (Phi) is 2.39. The minimum atomic E-state index is 0.247. The molecule has 0 spiro atoms. The third-order valence-corrected chi connectivity index (χ3v) is 2.35. The second-order valence-corrected chi connectivity index (χ2v) is 3.11. The number of halogens is 1. The number of methoxy groups -OCH3 is 1. The number of phenolic OH excluding ortho intramolecular Hbond substituents is 1. The highest BCUT2D eigenvalue weighted by molar-refractivity contribution is 9.10. The molecule has 0 aliphatic carbocycles. The monoisotopic (exact) mass is 216 g/mol. The van der Waals surface area contributed by atoms with Gasteiger partial charge in [-0.15, -0.1) is 0 Å². The smallest absolute Gasteiger partial charge is 0.123 e. The minimum absolute atomic E-state index is 0.247. The van der Waals surface area contributed by atoms with Crippen LogP contribution in [-0.2, 0) is 0 Å². The third kappa shape index (κ3) is 1.66. The van der Waals surface area contributed by atoms with E-state index in [9.17, 15) is 5.11 Å². The highest BCUT2D eigenvalue weighted by Gasteiger charge is 2.03. The largest absolute Gasteiger partial charge is 0.508 e. The summed E-state index contributed by atoms with van der Waals surface area (Å²) in [6.45, 7) is 1.83. The molecule has 0 aromatic heterocycles. The van der Waals surface area contributed by atoms with Crippen molar-refractivity contribution in [2.24, 2.45) is 0 Å². The van der Waals surface area contributed by atoms with Crippen molar-refractivity contribution in [3.63, 3.8) is 0 Å². The van der Waals surface area contributed by atoms with Crippen LogP contribution < -0.4 is 4.74 Å². The van der Waals surface area contributed by atoms with Crippen LogP contribution in [0.25, 0.3) is 0 Å². The van der Waals surface area contributed by atoms with Crippen molar-refractivity contribution < 1.29 is 9.84 Å². The molecule has 0 aliphatic heterocycles. The first-order valence-corrected chi connectivity index (χ1v) is 3.97. The van der Waals surface area contributed by atoms with Gasteiger partial charge in [0.25, 0.3) is 0 Å². The van der Waals surface area contributed by atoms with Gasteiger partial charge in [0.2, 0.25) is 0 Å². The topological polar surface area (TPSA) is 29.5 Å². The van der Waals surface area contributed by atoms with Gasteiger partial charge in [-0.3, -0.25) is 0 Å². The van der Waals surface area contributed by atoms with Gasteiger partial charge in [0.1, 0.15) is 11.5 Å². The van der Waals surface area contributed by atoms with E-state index >= 15 is 0 Å². The van der Waals surface area contributed by atoms with Crippen LogP contribution in [0.3, 0.4) is 0 Å². The van der Waals surface area contributed by atoms with Crippen molar-refractivity contribution in [2.75, 3.05) is 7.11 Å². The molecule has 0 aliphatic rings. The summed E-state index contributed by atoms with van der Waals surface area (Å²) in [6, 6.07) is 3.40. The highest BCUT2D eigenvalue weighted by Crippen LogP contribution is 2.30. The molecule has 0 amide bonds. The predicted molar refractivity (Wildman–Crippen MR) is 47.1 cm³/mol. The number of hydrogen-bond donors (Lipinski definition) is 1. The van der Waals surface area contributed by atoms with Crippen LogP contribution in [-0.4, -0.2) is 12.2 Å². The van der Waals surface area contributed by atoms with Crippen LogP contribution in [0.4, 0.5) is 0 Å². The van der Waals surface area contributed by atoms with Gasteiger partial charge < -0.3 is 9.84 Å². The number of benzene rings is 1. The van der Waals surface area contributed by atoms with E-state index < -0.39 is 0 Å². The fourth-order valence-electron chi connectivity index (χ4n) is 0.758. The zero-order valence-electron chi connectivity index (χ0n) is 6.39. The van der Waals surface area contributed by atoms with Crippen molar-refractivity contribution in [3.8, 4) is 11.5 Å². The molecule has 3 heteroatoms. The van der Waals surface area contributed by atoms with Crippen LogP contribution in [0, 0.1) is 6.92 Å². The van der Waals surface area contributed by atoms with Gasteiger partial charge in [-0.2, -0.15) is 0 Å². The third-order valence-electron chi connectivity index (χ3n) is 1.53. The number of hydrogen-bond acceptors (Lipinski definition) is 2. The Hall–Kier alpha value is -0.700. The first kappa shape index (κ1) is 8.40. The molecule has 0 radical (unpaired) electrons.